The van der Waals surface area contributed by atoms with Crippen LogP contribution in [0.2, 0.25) is 5.02 Å². The van der Waals surface area contributed by atoms with Gasteiger partial charge in [-0.15, -0.1) is 11.3 Å². The van der Waals surface area contributed by atoms with E-state index in [1.807, 2.05) is 0 Å². The lowest BCUT2D eigenvalue weighted by atomic mass is 10.1. The number of nitrogens with zero attached hydrogens (tertiary/aromatic N) is 2. The van der Waals surface area contributed by atoms with Crippen LogP contribution in [-0.4, -0.2) is 37.4 Å². The van der Waals surface area contributed by atoms with Crippen LogP contribution >= 0.6 is 22.9 Å². The van der Waals surface area contributed by atoms with Crippen molar-refractivity contribution < 1.29 is 27.5 Å². The minimum Gasteiger partial charge on any atom is -0.454 e. The highest BCUT2D eigenvalue weighted by Gasteiger charge is 2.47. The molecular weight excluding hydrogens is 488 g/mol. The SMILES string of the molecule is O=C1CC(N(Cc2ccc3c(c2)OCO3)S(=O)(=O)c2cccs2)C(=O)N1c1ccc(Cl)cc1. The van der Waals surface area contributed by atoms with Crippen LogP contribution in [0.3, 0.4) is 0 Å². The molecule has 8 nitrogen and oxygen atoms in total. The topological polar surface area (TPSA) is 93.2 Å². The Balaban J connectivity index is 1.52. The van der Waals surface area contributed by atoms with Crippen LogP contribution in [0.4, 0.5) is 5.69 Å². The van der Waals surface area contributed by atoms with E-state index in [1.54, 1.807) is 53.9 Å². The number of carbonyl (C=O) groups is 2. The number of fused-ring (bicyclic) bond motifs is 1. The summed E-state index contributed by atoms with van der Waals surface area (Å²) in [5, 5.41) is 2.10. The molecule has 3 heterocycles. The Hall–Kier alpha value is -2.92. The molecule has 0 bridgehead atoms. The molecule has 0 saturated carbocycles. The standard InChI is InChI=1S/C22H17ClN2O6S2/c23-15-4-6-16(7-5-15)25-20(26)11-17(22(25)27)24(33(28,29)21-2-1-9-32-21)12-14-3-8-18-19(10-14)31-13-30-18/h1-10,17H,11-13H2. The number of hydrogen-bond acceptors (Lipinski definition) is 7. The first-order chi connectivity index (χ1) is 15.8. The summed E-state index contributed by atoms with van der Waals surface area (Å²) in [4.78, 5) is 27.2. The third-order valence-corrected chi connectivity index (χ3v) is 8.87. The second kappa shape index (κ2) is 8.45. The van der Waals surface area contributed by atoms with Crippen LogP contribution < -0.4 is 14.4 Å². The van der Waals surface area contributed by atoms with Gasteiger partial charge >= 0.3 is 0 Å². The number of sulfonamides is 1. The number of hydrogen-bond donors (Lipinski definition) is 0. The maximum Gasteiger partial charge on any atom is 0.253 e. The lowest BCUT2D eigenvalue weighted by Crippen LogP contribution is -2.44. The van der Waals surface area contributed by atoms with Crippen LogP contribution in [0.25, 0.3) is 0 Å². The molecule has 1 unspecified atom stereocenters. The van der Waals surface area contributed by atoms with Crippen LogP contribution in [0.5, 0.6) is 11.5 Å². The van der Waals surface area contributed by atoms with Crippen molar-refractivity contribution in [1.29, 1.82) is 0 Å². The quantitative estimate of drug-likeness (QED) is 0.476. The van der Waals surface area contributed by atoms with Crippen LogP contribution in [0.1, 0.15) is 12.0 Å². The largest absolute Gasteiger partial charge is 0.454 e. The van der Waals surface area contributed by atoms with Gasteiger partial charge in [-0.3, -0.25) is 9.59 Å². The van der Waals surface area contributed by atoms with Crippen LogP contribution in [0.15, 0.2) is 64.2 Å². The molecular formula is C22H17ClN2O6S2. The highest BCUT2D eigenvalue weighted by atomic mass is 35.5. The molecule has 0 spiro atoms. The monoisotopic (exact) mass is 504 g/mol. The van der Waals surface area contributed by atoms with E-state index in [9.17, 15) is 18.0 Å². The van der Waals surface area contributed by atoms with Crippen molar-refractivity contribution in [2.45, 2.75) is 23.2 Å². The number of anilines is 1. The molecule has 1 atom stereocenters. The Bertz CT molecular complexity index is 1330. The average molecular weight is 505 g/mol. The number of halogens is 1. The highest BCUT2D eigenvalue weighted by molar-refractivity contribution is 7.91. The molecule has 2 aliphatic rings. The summed E-state index contributed by atoms with van der Waals surface area (Å²) >= 11 is 6.97. The summed E-state index contributed by atoms with van der Waals surface area (Å²) in [5.41, 5.74) is 0.943. The Morgan fingerprint density at radius 3 is 2.55 bits per heavy atom. The van der Waals surface area contributed by atoms with Gasteiger partial charge in [-0.05, 0) is 53.4 Å². The number of imide groups is 1. The fourth-order valence-corrected chi connectivity index (χ4v) is 6.63. The number of thiophene rings is 1. The molecule has 5 rings (SSSR count). The molecule has 2 amide bonds. The van der Waals surface area contributed by atoms with Gasteiger partial charge in [0.15, 0.2) is 11.5 Å². The Kier molecular flexibility index (Phi) is 5.61. The van der Waals surface area contributed by atoms with Gasteiger partial charge in [0, 0.05) is 11.6 Å². The van der Waals surface area contributed by atoms with Crippen molar-refractivity contribution in [3.05, 3.63) is 70.6 Å². The minimum absolute atomic E-state index is 0.0850. The van der Waals surface area contributed by atoms with Crippen LogP contribution in [-0.2, 0) is 26.2 Å². The van der Waals surface area contributed by atoms with Crippen molar-refractivity contribution in [2.75, 3.05) is 11.7 Å². The molecule has 11 heteroatoms. The predicted octanol–water partition coefficient (Wildman–Crippen LogP) is 3.65. The first-order valence-electron chi connectivity index (χ1n) is 9.91. The van der Waals surface area contributed by atoms with E-state index in [0.717, 1.165) is 20.5 Å². The number of carbonyl (C=O) groups excluding carboxylic acids is 2. The van der Waals surface area contributed by atoms with Crippen molar-refractivity contribution in [3.63, 3.8) is 0 Å². The predicted molar refractivity (Wildman–Crippen MR) is 122 cm³/mol. The average Bonchev–Trinajstić information content (AvgIpc) is 3.54. The first-order valence-corrected chi connectivity index (χ1v) is 12.6. The van der Waals surface area contributed by atoms with E-state index < -0.39 is 27.9 Å². The van der Waals surface area contributed by atoms with Crippen molar-refractivity contribution in [1.82, 2.24) is 4.31 Å². The molecule has 1 fully saturated rings. The molecule has 2 aromatic carbocycles. The summed E-state index contributed by atoms with van der Waals surface area (Å²) in [6, 6.07) is 13.2. The second-order valence-electron chi connectivity index (χ2n) is 7.43. The van der Waals surface area contributed by atoms with Crippen molar-refractivity contribution >= 4 is 50.5 Å². The van der Waals surface area contributed by atoms with Gasteiger partial charge in [0.1, 0.15) is 10.3 Å². The first kappa shape index (κ1) is 21.9. The summed E-state index contributed by atoms with van der Waals surface area (Å²) < 4.78 is 39.0. The van der Waals surface area contributed by atoms with Crippen molar-refractivity contribution in [3.8, 4) is 11.5 Å². The van der Waals surface area contributed by atoms with E-state index in [0.29, 0.717) is 27.8 Å². The normalized spacial score (nSPS) is 17.9. The van der Waals surface area contributed by atoms with Crippen LogP contribution in [0, 0.1) is 0 Å². The highest BCUT2D eigenvalue weighted by Crippen LogP contribution is 2.36. The van der Waals surface area contributed by atoms with E-state index in [-0.39, 0.29) is 24.0 Å². The summed E-state index contributed by atoms with van der Waals surface area (Å²) in [6.45, 7) is -0.0311. The maximum absolute atomic E-state index is 13.5. The lowest BCUT2D eigenvalue weighted by Gasteiger charge is -2.26. The lowest BCUT2D eigenvalue weighted by molar-refractivity contribution is -0.122. The molecule has 33 heavy (non-hydrogen) atoms. The number of benzene rings is 2. The summed E-state index contributed by atoms with van der Waals surface area (Å²) in [7, 11) is -4.06. The fraction of sp³-hybridized carbons (Fsp3) is 0.182. The third-order valence-electron chi connectivity index (χ3n) is 5.39. The zero-order valence-corrected chi connectivity index (χ0v) is 19.4. The molecule has 0 radical (unpaired) electrons. The number of rotatable bonds is 6. The number of amides is 2. The second-order valence-corrected chi connectivity index (χ2v) is 10.9. The fourth-order valence-electron chi connectivity index (χ4n) is 3.81. The Labute approximate surface area is 198 Å². The third kappa shape index (κ3) is 3.99. The van der Waals surface area contributed by atoms with Gasteiger partial charge in [0.25, 0.3) is 15.9 Å². The Morgan fingerprint density at radius 1 is 1.06 bits per heavy atom. The molecule has 0 N–H and O–H groups in total. The van der Waals surface area contributed by atoms with Gasteiger partial charge in [-0.25, -0.2) is 13.3 Å². The van der Waals surface area contributed by atoms with Gasteiger partial charge in [0.2, 0.25) is 12.7 Å². The minimum atomic E-state index is -4.06. The molecule has 1 aromatic heterocycles. The van der Waals surface area contributed by atoms with Gasteiger partial charge in [0.05, 0.1) is 12.1 Å². The zero-order chi connectivity index (χ0) is 23.2. The maximum atomic E-state index is 13.5. The Morgan fingerprint density at radius 2 is 1.82 bits per heavy atom. The molecule has 0 aliphatic carbocycles. The van der Waals surface area contributed by atoms with E-state index in [2.05, 4.69) is 0 Å². The number of ether oxygens (including phenoxy) is 2. The van der Waals surface area contributed by atoms with E-state index >= 15 is 0 Å². The van der Waals surface area contributed by atoms with Gasteiger partial charge in [-0.2, -0.15) is 4.31 Å². The van der Waals surface area contributed by atoms with Gasteiger partial charge in [-0.1, -0.05) is 23.7 Å². The zero-order valence-electron chi connectivity index (χ0n) is 17.0. The smallest absolute Gasteiger partial charge is 0.253 e. The van der Waals surface area contributed by atoms with E-state index in [1.165, 1.54) is 6.07 Å². The molecule has 3 aromatic rings. The van der Waals surface area contributed by atoms with Gasteiger partial charge < -0.3 is 9.47 Å². The van der Waals surface area contributed by atoms with E-state index in [4.69, 9.17) is 21.1 Å². The molecule has 1 saturated heterocycles. The molecule has 2 aliphatic heterocycles. The molecule has 170 valence electrons. The van der Waals surface area contributed by atoms with Crippen molar-refractivity contribution in [2.24, 2.45) is 0 Å². The summed E-state index contributed by atoms with van der Waals surface area (Å²) in [6.07, 6.45) is -0.267. The summed E-state index contributed by atoms with van der Waals surface area (Å²) in [5.74, 6) is -0.0300.